The normalized spacial score (nSPS) is 25.5. The largest absolute Gasteiger partial charge is 0.373 e. The van der Waals surface area contributed by atoms with Gasteiger partial charge in [-0.3, -0.25) is 9.69 Å². The lowest BCUT2D eigenvalue weighted by molar-refractivity contribution is -0.134. The Morgan fingerprint density at radius 1 is 1.21 bits per heavy atom. The summed E-state index contributed by atoms with van der Waals surface area (Å²) in [6, 6.07) is 0. The summed E-state index contributed by atoms with van der Waals surface area (Å²) in [6.45, 7) is 18.5. The number of carbonyl (C=O) groups excluding carboxylic acids is 1. The number of nitrogens with zero attached hydrogens (tertiary/aromatic N) is 2. The first-order valence-corrected chi connectivity index (χ1v) is 8.38. The maximum absolute atomic E-state index is 12.5. The summed E-state index contributed by atoms with van der Waals surface area (Å²) in [5.74, 6) is 0.614. The predicted octanol–water partition coefficient (Wildman–Crippen LogP) is 3.40. The van der Waals surface area contributed by atoms with Gasteiger partial charge in [0, 0.05) is 17.3 Å². The van der Waals surface area contributed by atoms with Crippen molar-refractivity contribution in [3.05, 3.63) is 36.3 Å². The van der Waals surface area contributed by atoms with E-state index in [0.29, 0.717) is 18.0 Å². The van der Waals surface area contributed by atoms with Crippen molar-refractivity contribution in [2.75, 3.05) is 6.61 Å². The quantitative estimate of drug-likeness (QED) is 0.742. The van der Waals surface area contributed by atoms with Crippen molar-refractivity contribution < 1.29 is 14.3 Å². The average molecular weight is 334 g/mol. The average Bonchev–Trinajstić information content (AvgIpc) is 2.87. The van der Waals surface area contributed by atoms with Gasteiger partial charge < -0.3 is 14.4 Å². The zero-order valence-corrected chi connectivity index (χ0v) is 15.9. The second-order valence-electron chi connectivity index (χ2n) is 8.32. The minimum Gasteiger partial charge on any atom is -0.373 e. The molecule has 2 atom stereocenters. The lowest BCUT2D eigenvalue weighted by atomic mass is 10.0. The van der Waals surface area contributed by atoms with Crippen molar-refractivity contribution in [3.63, 3.8) is 0 Å². The fourth-order valence-electron chi connectivity index (χ4n) is 2.73. The van der Waals surface area contributed by atoms with E-state index in [9.17, 15) is 4.79 Å². The van der Waals surface area contributed by atoms with Gasteiger partial charge in [-0.1, -0.05) is 12.7 Å². The van der Waals surface area contributed by atoms with E-state index >= 15 is 0 Å². The molecule has 0 spiro atoms. The van der Waals surface area contributed by atoms with Gasteiger partial charge in [-0.05, 0) is 54.5 Å². The van der Waals surface area contributed by atoms with Crippen molar-refractivity contribution >= 4 is 5.91 Å². The van der Waals surface area contributed by atoms with Crippen LogP contribution in [0.15, 0.2) is 36.3 Å². The molecule has 2 rings (SSSR count). The second-order valence-corrected chi connectivity index (χ2v) is 8.32. The van der Waals surface area contributed by atoms with Gasteiger partial charge >= 0.3 is 0 Å². The zero-order valence-electron chi connectivity index (χ0n) is 15.9. The Hall–Kier alpha value is -1.59. The summed E-state index contributed by atoms with van der Waals surface area (Å²) in [7, 11) is 0. The van der Waals surface area contributed by atoms with Crippen LogP contribution >= 0.6 is 0 Å². The fraction of sp³-hybridized carbons (Fsp3) is 0.632. The van der Waals surface area contributed by atoms with Crippen molar-refractivity contribution in [1.82, 2.24) is 9.80 Å². The highest BCUT2D eigenvalue weighted by Crippen LogP contribution is 2.32. The Labute approximate surface area is 145 Å². The summed E-state index contributed by atoms with van der Waals surface area (Å²) >= 11 is 0. The number of hydrogen-bond acceptors (Lipinski definition) is 4. The third kappa shape index (κ3) is 4.08. The molecule has 2 aliphatic rings. The second kappa shape index (κ2) is 6.37. The molecule has 0 aromatic heterocycles. The highest BCUT2D eigenvalue weighted by atomic mass is 16.6. The lowest BCUT2D eigenvalue weighted by Crippen LogP contribution is -2.53. The molecule has 0 unspecified atom stereocenters. The molecule has 0 bridgehead atoms. The fourth-order valence-corrected chi connectivity index (χ4v) is 2.73. The Balaban J connectivity index is 2.11. The summed E-state index contributed by atoms with van der Waals surface area (Å²) in [4.78, 5) is 16.1. The lowest BCUT2D eigenvalue weighted by Gasteiger charge is -2.45. The Kier molecular flexibility index (Phi) is 4.98. The monoisotopic (exact) mass is 334 g/mol. The molecule has 0 aromatic carbocycles. The molecule has 0 fully saturated rings. The van der Waals surface area contributed by atoms with E-state index in [0.717, 1.165) is 0 Å². The zero-order chi connectivity index (χ0) is 18.3. The summed E-state index contributed by atoms with van der Waals surface area (Å²) in [6.07, 6.45) is 5.43. The molecular formula is C19H30N2O3. The van der Waals surface area contributed by atoms with Gasteiger partial charge in [0.2, 0.25) is 0 Å². The van der Waals surface area contributed by atoms with Crippen LogP contribution in [0.5, 0.6) is 0 Å². The van der Waals surface area contributed by atoms with Crippen LogP contribution in [0.2, 0.25) is 0 Å². The van der Waals surface area contributed by atoms with Crippen LogP contribution in [-0.2, 0) is 14.3 Å². The van der Waals surface area contributed by atoms with Crippen LogP contribution in [0, 0.1) is 0 Å². The molecule has 5 heteroatoms. The van der Waals surface area contributed by atoms with Gasteiger partial charge in [0.05, 0.1) is 12.2 Å². The SMILES string of the molecule is C=C1N([C@H]2C=C[C@@H](COC(C)(C)C)O2)C=C(C)C(=O)N1C(C)(C)C. The molecule has 24 heavy (non-hydrogen) atoms. The Morgan fingerprint density at radius 2 is 1.83 bits per heavy atom. The molecule has 0 aromatic rings. The first-order chi connectivity index (χ1) is 10.9. The third-order valence-electron chi connectivity index (χ3n) is 3.86. The van der Waals surface area contributed by atoms with Crippen LogP contribution < -0.4 is 0 Å². The smallest absolute Gasteiger partial charge is 0.256 e. The first-order valence-electron chi connectivity index (χ1n) is 8.38. The molecular weight excluding hydrogens is 304 g/mol. The standard InChI is InChI=1S/C19H30N2O3/c1-13-11-20(14(2)21(17(13)22)18(3,4)5)16-10-9-15(24-16)12-23-19(6,7)8/h9-11,15-16H,2,12H2,1,3-8H3/t15-,16+/m0/s1. The van der Waals surface area contributed by atoms with Crippen LogP contribution in [0.4, 0.5) is 0 Å². The van der Waals surface area contributed by atoms with Gasteiger partial charge in [-0.2, -0.15) is 0 Å². The van der Waals surface area contributed by atoms with Crippen molar-refractivity contribution in [3.8, 4) is 0 Å². The molecule has 0 saturated carbocycles. The molecule has 0 radical (unpaired) electrons. The van der Waals surface area contributed by atoms with Crippen LogP contribution in [0.1, 0.15) is 48.5 Å². The maximum Gasteiger partial charge on any atom is 0.256 e. The van der Waals surface area contributed by atoms with Crippen molar-refractivity contribution in [2.45, 2.75) is 71.9 Å². The third-order valence-corrected chi connectivity index (χ3v) is 3.86. The maximum atomic E-state index is 12.5. The predicted molar refractivity (Wildman–Crippen MR) is 94.8 cm³/mol. The topological polar surface area (TPSA) is 42.0 Å². The number of amides is 1. The van der Waals surface area contributed by atoms with Gasteiger partial charge in [-0.25, -0.2) is 0 Å². The van der Waals surface area contributed by atoms with Gasteiger partial charge in [0.15, 0.2) is 6.23 Å². The number of hydrogen-bond donors (Lipinski definition) is 0. The molecule has 134 valence electrons. The Bertz CT molecular complexity index is 578. The van der Waals surface area contributed by atoms with Gasteiger partial charge in [0.1, 0.15) is 11.9 Å². The Morgan fingerprint density at radius 3 is 2.38 bits per heavy atom. The molecule has 2 aliphatic heterocycles. The number of ether oxygens (including phenoxy) is 2. The van der Waals surface area contributed by atoms with E-state index in [2.05, 4.69) is 6.58 Å². The van der Waals surface area contributed by atoms with E-state index in [1.54, 1.807) is 4.90 Å². The van der Waals surface area contributed by atoms with E-state index in [4.69, 9.17) is 9.47 Å². The minimum absolute atomic E-state index is 0.0154. The number of rotatable bonds is 3. The van der Waals surface area contributed by atoms with Crippen molar-refractivity contribution in [1.29, 1.82) is 0 Å². The van der Waals surface area contributed by atoms with Gasteiger partial charge in [0.25, 0.3) is 5.91 Å². The van der Waals surface area contributed by atoms with E-state index in [1.165, 1.54) is 0 Å². The minimum atomic E-state index is -0.348. The highest BCUT2D eigenvalue weighted by Gasteiger charge is 2.38. The molecule has 5 nitrogen and oxygen atoms in total. The first kappa shape index (κ1) is 18.7. The van der Waals surface area contributed by atoms with E-state index in [1.807, 2.05) is 71.7 Å². The van der Waals surface area contributed by atoms with E-state index < -0.39 is 0 Å². The van der Waals surface area contributed by atoms with Crippen LogP contribution in [0.3, 0.4) is 0 Å². The van der Waals surface area contributed by atoms with Crippen molar-refractivity contribution in [2.24, 2.45) is 0 Å². The molecule has 0 aliphatic carbocycles. The summed E-state index contributed by atoms with van der Waals surface area (Å²) in [5, 5.41) is 0. The van der Waals surface area contributed by atoms with Crippen LogP contribution in [0.25, 0.3) is 0 Å². The summed E-state index contributed by atoms with van der Waals surface area (Å²) < 4.78 is 11.8. The molecule has 0 N–H and O–H groups in total. The van der Waals surface area contributed by atoms with Gasteiger partial charge in [-0.15, -0.1) is 0 Å². The van der Waals surface area contributed by atoms with Crippen LogP contribution in [-0.4, -0.2) is 45.8 Å². The molecule has 2 heterocycles. The summed E-state index contributed by atoms with van der Waals surface area (Å²) in [5.41, 5.74) is 0.123. The molecule has 1 amide bonds. The number of carbonyl (C=O) groups is 1. The van der Waals surface area contributed by atoms with E-state index in [-0.39, 0.29) is 29.4 Å². The molecule has 0 saturated heterocycles. The highest BCUT2D eigenvalue weighted by molar-refractivity contribution is 5.95.